The lowest BCUT2D eigenvalue weighted by Crippen LogP contribution is -2.38. The van der Waals surface area contributed by atoms with Crippen molar-refractivity contribution in [3.8, 4) is 0 Å². The highest BCUT2D eigenvalue weighted by molar-refractivity contribution is 6.33. The molecule has 3 rings (SSSR count). The first-order valence-corrected chi connectivity index (χ1v) is 7.76. The van der Waals surface area contributed by atoms with Crippen LogP contribution in [0.1, 0.15) is 31.2 Å². The van der Waals surface area contributed by atoms with Gasteiger partial charge in [0.05, 0.1) is 21.7 Å². The molecule has 1 aromatic carbocycles. The Kier molecular flexibility index (Phi) is 4.04. The number of nitrogens with zero attached hydrogens (tertiary/aromatic N) is 1. The fourth-order valence-corrected chi connectivity index (χ4v) is 3.75. The van der Waals surface area contributed by atoms with Crippen molar-refractivity contribution in [3.63, 3.8) is 0 Å². The zero-order valence-electron chi connectivity index (χ0n) is 12.0. The third kappa shape index (κ3) is 2.85. The first kappa shape index (κ1) is 14.6. The van der Waals surface area contributed by atoms with E-state index in [1.54, 1.807) is 13.0 Å². The Hall–Kier alpha value is -1.33. The van der Waals surface area contributed by atoms with Crippen LogP contribution in [-0.4, -0.2) is 23.7 Å². The van der Waals surface area contributed by atoms with Gasteiger partial charge in [-0.3, -0.25) is 10.1 Å². The summed E-state index contributed by atoms with van der Waals surface area (Å²) in [5.74, 6) is 0.519. The molecule has 0 spiro atoms. The summed E-state index contributed by atoms with van der Waals surface area (Å²) in [4.78, 5) is 10.5. The molecule has 0 aromatic heterocycles. The average molecular weight is 311 g/mol. The van der Waals surface area contributed by atoms with Gasteiger partial charge in [-0.25, -0.2) is 0 Å². The number of nitro groups is 1. The van der Waals surface area contributed by atoms with Gasteiger partial charge in [-0.05, 0) is 38.7 Å². The van der Waals surface area contributed by atoms with Crippen LogP contribution >= 0.6 is 11.6 Å². The Balaban J connectivity index is 1.81. The van der Waals surface area contributed by atoms with Crippen LogP contribution in [-0.2, 0) is 4.74 Å². The Morgan fingerprint density at radius 1 is 1.38 bits per heavy atom. The van der Waals surface area contributed by atoms with Gasteiger partial charge in [-0.1, -0.05) is 11.6 Å². The largest absolute Gasteiger partial charge is 0.381 e. The number of nitro benzene ring substituents is 1. The average Bonchev–Trinajstić information content (AvgIpc) is 2.91. The Morgan fingerprint density at radius 3 is 2.95 bits per heavy atom. The third-order valence-corrected chi connectivity index (χ3v) is 4.92. The van der Waals surface area contributed by atoms with Crippen LogP contribution in [0.2, 0.25) is 5.02 Å². The number of halogens is 1. The maximum atomic E-state index is 10.9. The first-order chi connectivity index (χ1) is 10.1. The van der Waals surface area contributed by atoms with Gasteiger partial charge >= 0.3 is 0 Å². The molecule has 1 aromatic rings. The van der Waals surface area contributed by atoms with E-state index in [-0.39, 0.29) is 5.69 Å². The quantitative estimate of drug-likeness (QED) is 0.678. The highest BCUT2D eigenvalue weighted by atomic mass is 35.5. The van der Waals surface area contributed by atoms with E-state index in [0.29, 0.717) is 28.6 Å². The maximum Gasteiger partial charge on any atom is 0.273 e. The number of rotatable bonds is 3. The molecular formula is C15H19ClN2O3. The molecule has 1 heterocycles. The second-order valence-corrected chi connectivity index (χ2v) is 6.33. The van der Waals surface area contributed by atoms with Crippen molar-refractivity contribution in [2.45, 2.75) is 44.8 Å². The van der Waals surface area contributed by atoms with Crippen LogP contribution in [0.5, 0.6) is 0 Å². The first-order valence-electron chi connectivity index (χ1n) is 7.39. The van der Waals surface area contributed by atoms with Crippen LogP contribution in [0.15, 0.2) is 12.1 Å². The molecule has 1 saturated carbocycles. The molecule has 1 saturated heterocycles. The fraction of sp³-hybridized carbons (Fsp3) is 0.600. The lowest BCUT2D eigenvalue weighted by Gasteiger charge is -2.34. The second kappa shape index (κ2) is 5.81. The number of anilines is 1. The lowest BCUT2D eigenvalue weighted by molar-refractivity contribution is -0.385. The molecule has 6 heteroatoms. The van der Waals surface area contributed by atoms with Gasteiger partial charge in [0.15, 0.2) is 0 Å². The lowest BCUT2D eigenvalue weighted by atomic mass is 9.81. The molecule has 0 radical (unpaired) electrons. The number of hydrogen-bond donors (Lipinski definition) is 1. The molecule has 114 valence electrons. The summed E-state index contributed by atoms with van der Waals surface area (Å²) in [5.41, 5.74) is 1.48. The molecule has 3 atom stereocenters. The minimum absolute atomic E-state index is 0.0660. The minimum Gasteiger partial charge on any atom is -0.381 e. The van der Waals surface area contributed by atoms with Crippen molar-refractivity contribution in [1.82, 2.24) is 0 Å². The van der Waals surface area contributed by atoms with E-state index >= 15 is 0 Å². The van der Waals surface area contributed by atoms with Gasteiger partial charge in [0.25, 0.3) is 5.69 Å². The van der Waals surface area contributed by atoms with E-state index in [0.717, 1.165) is 38.0 Å². The summed E-state index contributed by atoms with van der Waals surface area (Å²) >= 11 is 6.21. The van der Waals surface area contributed by atoms with Crippen LogP contribution in [0.25, 0.3) is 0 Å². The smallest absolute Gasteiger partial charge is 0.273 e. The maximum absolute atomic E-state index is 10.9. The third-order valence-electron chi connectivity index (χ3n) is 4.60. The number of nitrogens with one attached hydrogen (secondary N) is 1. The highest BCUT2D eigenvalue weighted by Gasteiger charge is 2.37. The molecule has 21 heavy (non-hydrogen) atoms. The van der Waals surface area contributed by atoms with Crippen molar-refractivity contribution in [2.24, 2.45) is 5.92 Å². The van der Waals surface area contributed by atoms with Crippen LogP contribution in [0.4, 0.5) is 11.4 Å². The molecule has 2 aliphatic rings. The predicted octanol–water partition coefficient (Wildman–Crippen LogP) is 3.93. The summed E-state index contributed by atoms with van der Waals surface area (Å²) in [5, 5.41) is 14.8. The van der Waals surface area contributed by atoms with Gasteiger partial charge in [0.2, 0.25) is 0 Å². The van der Waals surface area contributed by atoms with E-state index in [9.17, 15) is 10.1 Å². The zero-order chi connectivity index (χ0) is 15.0. The van der Waals surface area contributed by atoms with Gasteiger partial charge < -0.3 is 10.1 Å². The highest BCUT2D eigenvalue weighted by Crippen LogP contribution is 2.38. The van der Waals surface area contributed by atoms with E-state index in [2.05, 4.69) is 5.32 Å². The molecule has 1 aliphatic carbocycles. The molecule has 5 nitrogen and oxygen atoms in total. The topological polar surface area (TPSA) is 64.4 Å². The van der Waals surface area contributed by atoms with Crippen molar-refractivity contribution in [1.29, 1.82) is 0 Å². The second-order valence-electron chi connectivity index (χ2n) is 5.92. The SMILES string of the molecule is Cc1cc(NC2CCCC3OCCC23)c(Cl)cc1[N+](=O)[O-]. The van der Waals surface area contributed by atoms with Gasteiger partial charge in [-0.2, -0.15) is 0 Å². The van der Waals surface area contributed by atoms with Crippen LogP contribution in [0, 0.1) is 23.0 Å². The fourth-order valence-electron chi connectivity index (χ4n) is 3.53. The number of ether oxygens (including phenoxy) is 1. The van der Waals surface area contributed by atoms with Crippen molar-refractivity contribution in [2.75, 3.05) is 11.9 Å². The van der Waals surface area contributed by atoms with E-state index in [4.69, 9.17) is 16.3 Å². The van der Waals surface area contributed by atoms with E-state index in [1.807, 2.05) is 0 Å². The van der Waals surface area contributed by atoms with Gasteiger partial charge in [-0.15, -0.1) is 0 Å². The summed E-state index contributed by atoms with van der Waals surface area (Å²) in [6, 6.07) is 3.55. The molecule has 1 aliphatic heterocycles. The van der Waals surface area contributed by atoms with Crippen molar-refractivity contribution >= 4 is 23.0 Å². The normalized spacial score (nSPS) is 28.2. The zero-order valence-corrected chi connectivity index (χ0v) is 12.7. The summed E-state index contributed by atoms with van der Waals surface area (Å²) in [6.07, 6.45) is 4.80. The molecular weight excluding hydrogens is 292 g/mol. The molecule has 0 bridgehead atoms. The minimum atomic E-state index is -0.396. The summed E-state index contributed by atoms with van der Waals surface area (Å²) in [7, 11) is 0. The monoisotopic (exact) mass is 310 g/mol. The predicted molar refractivity (Wildman–Crippen MR) is 82.0 cm³/mol. The van der Waals surface area contributed by atoms with Gasteiger partial charge in [0.1, 0.15) is 0 Å². The Morgan fingerprint density at radius 2 is 2.19 bits per heavy atom. The molecule has 2 fully saturated rings. The van der Waals surface area contributed by atoms with Gasteiger partial charge in [0, 0.05) is 30.2 Å². The van der Waals surface area contributed by atoms with Crippen molar-refractivity contribution in [3.05, 3.63) is 32.8 Å². The molecule has 0 amide bonds. The molecule has 1 N–H and O–H groups in total. The number of hydrogen-bond acceptors (Lipinski definition) is 4. The number of fused-ring (bicyclic) bond motifs is 1. The summed E-state index contributed by atoms with van der Waals surface area (Å²) in [6.45, 7) is 2.57. The number of benzene rings is 1. The number of aryl methyl sites for hydroxylation is 1. The van der Waals surface area contributed by atoms with E-state index in [1.165, 1.54) is 6.07 Å². The standard InChI is InChI=1S/C15H19ClN2O3/c1-9-7-13(11(16)8-14(9)18(19)20)17-12-3-2-4-15-10(12)5-6-21-15/h7-8,10,12,15,17H,2-6H2,1H3. The van der Waals surface area contributed by atoms with Crippen LogP contribution < -0.4 is 5.32 Å². The summed E-state index contributed by atoms with van der Waals surface area (Å²) < 4.78 is 5.77. The van der Waals surface area contributed by atoms with Crippen molar-refractivity contribution < 1.29 is 9.66 Å². The van der Waals surface area contributed by atoms with Crippen LogP contribution in [0.3, 0.4) is 0 Å². The Bertz CT molecular complexity index is 564. The van der Waals surface area contributed by atoms with E-state index < -0.39 is 4.92 Å². The Labute approximate surface area is 128 Å². The molecule has 3 unspecified atom stereocenters.